The Labute approximate surface area is 221 Å². The van der Waals surface area contributed by atoms with Crippen LogP contribution >= 0.6 is 0 Å². The van der Waals surface area contributed by atoms with E-state index in [1.165, 1.54) is 6.07 Å². The largest absolute Gasteiger partial charge is 0.422 e. The Morgan fingerprint density at radius 2 is 1.29 bits per heavy atom. The first-order chi connectivity index (χ1) is 18.5. The highest BCUT2D eigenvalue weighted by Crippen LogP contribution is 2.34. The van der Waals surface area contributed by atoms with E-state index in [-0.39, 0.29) is 0 Å². The summed E-state index contributed by atoms with van der Waals surface area (Å²) in [7, 11) is 0. The van der Waals surface area contributed by atoms with E-state index >= 15 is 0 Å². The maximum absolute atomic E-state index is 13.2. The Morgan fingerprint density at radius 1 is 0.632 bits per heavy atom. The lowest BCUT2D eigenvalue weighted by atomic mass is 9.97. The van der Waals surface area contributed by atoms with Crippen LogP contribution in [0.3, 0.4) is 0 Å². The minimum atomic E-state index is -0.474. The maximum atomic E-state index is 13.2. The summed E-state index contributed by atoms with van der Waals surface area (Å²) in [6.45, 7) is 12.0. The molecule has 0 amide bonds. The van der Waals surface area contributed by atoms with Gasteiger partial charge in [0.1, 0.15) is 11.2 Å². The van der Waals surface area contributed by atoms with Crippen molar-refractivity contribution < 1.29 is 8.83 Å². The maximum Gasteiger partial charge on any atom is 0.344 e. The average molecular weight is 509 g/mol. The molecule has 0 bridgehead atoms. The fraction of sp³-hybridized carbons (Fsp3) is 0.250. The Kier molecular flexibility index (Phi) is 7.05. The normalized spacial score (nSPS) is 11.3. The van der Waals surface area contributed by atoms with Gasteiger partial charge in [-0.25, -0.2) is 9.59 Å². The predicted molar refractivity (Wildman–Crippen MR) is 157 cm³/mol. The third-order valence-electron chi connectivity index (χ3n) is 7.22. The molecular formula is C32H32N2O4. The van der Waals surface area contributed by atoms with E-state index < -0.39 is 11.3 Å². The van der Waals surface area contributed by atoms with E-state index in [0.29, 0.717) is 22.3 Å². The van der Waals surface area contributed by atoms with Gasteiger partial charge in [-0.1, -0.05) is 30.3 Å². The topological polar surface area (TPSA) is 66.9 Å². The first kappa shape index (κ1) is 25.3. The second-order valence-corrected chi connectivity index (χ2v) is 9.22. The summed E-state index contributed by atoms with van der Waals surface area (Å²) in [6.07, 6.45) is 0. The summed E-state index contributed by atoms with van der Waals surface area (Å²) in [5.41, 5.74) is 4.65. The van der Waals surface area contributed by atoms with Crippen LogP contribution in [0.4, 0.5) is 11.4 Å². The number of hydrogen-bond donors (Lipinski definition) is 0. The van der Waals surface area contributed by atoms with Crippen LogP contribution in [0, 0.1) is 0 Å². The minimum Gasteiger partial charge on any atom is -0.422 e. The van der Waals surface area contributed by atoms with Gasteiger partial charge in [-0.15, -0.1) is 0 Å². The van der Waals surface area contributed by atoms with Crippen molar-refractivity contribution in [1.29, 1.82) is 0 Å². The van der Waals surface area contributed by atoms with Crippen molar-refractivity contribution >= 4 is 33.3 Å². The molecule has 0 N–H and O–H groups in total. The van der Waals surface area contributed by atoms with E-state index in [2.05, 4.69) is 49.6 Å². The number of para-hydroxylation sites is 1. The second-order valence-electron chi connectivity index (χ2n) is 9.22. The van der Waals surface area contributed by atoms with Crippen molar-refractivity contribution in [3.05, 3.63) is 93.6 Å². The van der Waals surface area contributed by atoms with Gasteiger partial charge in [-0.05, 0) is 69.2 Å². The summed E-state index contributed by atoms with van der Waals surface area (Å²) in [5.74, 6) is 0. The van der Waals surface area contributed by atoms with Crippen molar-refractivity contribution in [1.82, 2.24) is 0 Å². The van der Waals surface area contributed by atoms with Crippen molar-refractivity contribution in [2.45, 2.75) is 27.7 Å². The Balaban J connectivity index is 1.64. The third-order valence-corrected chi connectivity index (χ3v) is 7.22. The highest BCUT2D eigenvalue weighted by atomic mass is 16.4. The first-order valence-corrected chi connectivity index (χ1v) is 13.2. The molecule has 6 nitrogen and oxygen atoms in total. The van der Waals surface area contributed by atoms with Gasteiger partial charge in [0.15, 0.2) is 0 Å². The number of hydrogen-bond acceptors (Lipinski definition) is 6. The molecule has 5 rings (SSSR count). The van der Waals surface area contributed by atoms with Crippen molar-refractivity contribution in [3.8, 4) is 22.3 Å². The summed E-state index contributed by atoms with van der Waals surface area (Å²) in [5, 5.41) is 1.56. The Morgan fingerprint density at radius 3 is 1.97 bits per heavy atom. The van der Waals surface area contributed by atoms with E-state index in [1.54, 1.807) is 6.07 Å². The SMILES string of the molecule is CCN(CC)c1ccc(-c2cc(=O)oc3c(-c4cc5ccc(N(CC)CC)cc5oc4=O)cccc23)cc1. The number of benzene rings is 3. The highest BCUT2D eigenvalue weighted by Gasteiger charge is 2.17. The number of fused-ring (bicyclic) bond motifs is 2. The second kappa shape index (κ2) is 10.6. The number of anilines is 2. The van der Waals surface area contributed by atoms with Crippen molar-refractivity contribution in [3.63, 3.8) is 0 Å². The van der Waals surface area contributed by atoms with Crippen LogP contribution in [0.25, 0.3) is 44.2 Å². The van der Waals surface area contributed by atoms with E-state index in [1.807, 2.05) is 48.5 Å². The van der Waals surface area contributed by atoms with Crippen LogP contribution in [0.2, 0.25) is 0 Å². The van der Waals surface area contributed by atoms with Crippen LogP contribution in [0.1, 0.15) is 27.7 Å². The Hall–Kier alpha value is -4.32. The molecule has 194 valence electrons. The fourth-order valence-corrected chi connectivity index (χ4v) is 5.15. The molecule has 0 aliphatic rings. The van der Waals surface area contributed by atoms with Gasteiger partial charge in [0.25, 0.3) is 0 Å². The van der Waals surface area contributed by atoms with Gasteiger partial charge in [0.2, 0.25) is 0 Å². The zero-order valence-corrected chi connectivity index (χ0v) is 22.3. The fourth-order valence-electron chi connectivity index (χ4n) is 5.15. The molecule has 3 aromatic carbocycles. The molecule has 0 unspecified atom stereocenters. The van der Waals surface area contributed by atoms with Gasteiger partial charge in [0, 0.05) is 66.0 Å². The van der Waals surface area contributed by atoms with Crippen LogP contribution in [-0.4, -0.2) is 26.2 Å². The lowest BCUT2D eigenvalue weighted by molar-refractivity contribution is 0.556. The van der Waals surface area contributed by atoms with Crippen LogP contribution in [-0.2, 0) is 0 Å². The average Bonchev–Trinajstić information content (AvgIpc) is 2.94. The number of nitrogens with zero attached hydrogens (tertiary/aromatic N) is 2. The molecule has 38 heavy (non-hydrogen) atoms. The molecule has 0 spiro atoms. The van der Waals surface area contributed by atoms with Crippen LogP contribution < -0.4 is 21.1 Å². The lowest BCUT2D eigenvalue weighted by Crippen LogP contribution is -2.21. The van der Waals surface area contributed by atoms with Gasteiger partial charge >= 0.3 is 11.3 Å². The number of rotatable bonds is 8. The molecule has 0 saturated carbocycles. The van der Waals surface area contributed by atoms with Crippen LogP contribution in [0.15, 0.2) is 91.2 Å². The molecule has 0 atom stereocenters. The Bertz CT molecular complexity index is 1710. The van der Waals surface area contributed by atoms with Crippen LogP contribution in [0.5, 0.6) is 0 Å². The van der Waals surface area contributed by atoms with E-state index in [9.17, 15) is 9.59 Å². The molecule has 0 fully saturated rings. The molecule has 6 heteroatoms. The standard InChI is InChI=1S/C32H32N2O4/c1-5-33(6-2)23-15-12-21(13-16-23)27-20-30(35)38-31-25(27)10-9-11-26(31)28-18-22-14-17-24(34(7-3)8-4)19-29(22)37-32(28)36/h9-20H,5-8H2,1-4H3. The van der Waals surface area contributed by atoms with Gasteiger partial charge < -0.3 is 18.6 Å². The molecule has 0 radical (unpaired) electrons. The quantitative estimate of drug-likeness (QED) is 0.212. The molecule has 0 aliphatic carbocycles. The van der Waals surface area contributed by atoms with Gasteiger partial charge in [-0.2, -0.15) is 0 Å². The highest BCUT2D eigenvalue weighted by molar-refractivity contribution is 6.01. The molecule has 2 aromatic heterocycles. The van der Waals surface area contributed by atoms with Crippen molar-refractivity contribution in [2.24, 2.45) is 0 Å². The zero-order valence-electron chi connectivity index (χ0n) is 22.3. The predicted octanol–water partition coefficient (Wildman–Crippen LogP) is 6.93. The molecule has 0 aliphatic heterocycles. The molecular weight excluding hydrogens is 476 g/mol. The summed E-state index contributed by atoms with van der Waals surface area (Å²) >= 11 is 0. The lowest BCUT2D eigenvalue weighted by Gasteiger charge is -2.21. The minimum absolute atomic E-state index is 0.357. The van der Waals surface area contributed by atoms with E-state index in [4.69, 9.17) is 8.83 Å². The smallest absolute Gasteiger partial charge is 0.344 e. The molecule has 0 saturated heterocycles. The summed E-state index contributed by atoms with van der Waals surface area (Å²) in [4.78, 5) is 30.4. The summed E-state index contributed by atoms with van der Waals surface area (Å²) in [6, 6.07) is 23.0. The van der Waals surface area contributed by atoms with Gasteiger partial charge in [-0.3, -0.25) is 0 Å². The van der Waals surface area contributed by atoms with E-state index in [0.717, 1.165) is 59.5 Å². The van der Waals surface area contributed by atoms with Crippen molar-refractivity contribution in [2.75, 3.05) is 36.0 Å². The molecule has 2 heterocycles. The monoisotopic (exact) mass is 508 g/mol. The molecule has 5 aromatic rings. The first-order valence-electron chi connectivity index (χ1n) is 13.2. The van der Waals surface area contributed by atoms with Gasteiger partial charge in [0.05, 0.1) is 5.56 Å². The summed E-state index contributed by atoms with van der Waals surface area (Å²) < 4.78 is 11.5. The zero-order chi connectivity index (χ0) is 26.8. The third kappa shape index (κ3) is 4.58.